The van der Waals surface area contributed by atoms with E-state index in [2.05, 4.69) is 13.8 Å². The Balaban J connectivity index is 2.15. The molecule has 0 aliphatic rings. The summed E-state index contributed by atoms with van der Waals surface area (Å²) in [6.45, 7) is 5.97. The molecule has 3 aromatic rings. The monoisotopic (exact) mass is 444 g/mol. The molecule has 0 heterocycles. The minimum atomic E-state index is -1.45. The molecule has 0 aliphatic heterocycles. The molecule has 6 nitrogen and oxygen atoms in total. The summed E-state index contributed by atoms with van der Waals surface area (Å²) >= 11 is 0. The molecule has 6 heteroatoms. The fraction of sp³-hybridized carbons (Fsp3) is 0.185. The van der Waals surface area contributed by atoms with Gasteiger partial charge in [0.25, 0.3) is 0 Å². The van der Waals surface area contributed by atoms with Crippen molar-refractivity contribution in [1.29, 1.82) is 0 Å². The zero-order valence-corrected chi connectivity index (χ0v) is 18.6. The van der Waals surface area contributed by atoms with Gasteiger partial charge >= 0.3 is 11.9 Å². The van der Waals surface area contributed by atoms with E-state index in [9.17, 15) is 29.4 Å². The van der Waals surface area contributed by atoms with Gasteiger partial charge in [0.1, 0.15) is 0 Å². The molecule has 0 spiro atoms. The first-order valence-electron chi connectivity index (χ1n) is 10.5. The largest absolute Gasteiger partial charge is 0.478 e. The second-order valence-electron chi connectivity index (χ2n) is 8.01. The molecule has 1 atom stereocenters. The molecular formula is C27H24O6. The summed E-state index contributed by atoms with van der Waals surface area (Å²) < 4.78 is 0. The number of carboxylic acid groups (broad SMARTS) is 2. The van der Waals surface area contributed by atoms with Crippen LogP contribution in [0.25, 0.3) is 0 Å². The van der Waals surface area contributed by atoms with Crippen LogP contribution in [0, 0.1) is 6.92 Å². The lowest BCUT2D eigenvalue weighted by Crippen LogP contribution is -2.17. The third-order valence-corrected chi connectivity index (χ3v) is 5.78. The van der Waals surface area contributed by atoms with Gasteiger partial charge in [-0.1, -0.05) is 67.9 Å². The summed E-state index contributed by atoms with van der Waals surface area (Å²) in [6, 6.07) is 15.4. The summed E-state index contributed by atoms with van der Waals surface area (Å²) in [5.74, 6) is -3.81. The van der Waals surface area contributed by atoms with Crippen LogP contribution < -0.4 is 0 Å². The van der Waals surface area contributed by atoms with E-state index in [0.717, 1.165) is 29.7 Å². The smallest absolute Gasteiger partial charge is 0.336 e. The van der Waals surface area contributed by atoms with Crippen LogP contribution in [-0.2, 0) is 0 Å². The number of carbonyl (C=O) groups is 4. The van der Waals surface area contributed by atoms with Gasteiger partial charge < -0.3 is 10.2 Å². The molecule has 168 valence electrons. The number of hydrogen-bond acceptors (Lipinski definition) is 4. The summed E-state index contributed by atoms with van der Waals surface area (Å²) in [7, 11) is 0. The molecule has 0 saturated carbocycles. The van der Waals surface area contributed by atoms with Crippen molar-refractivity contribution in [3.63, 3.8) is 0 Å². The normalized spacial score (nSPS) is 11.6. The molecule has 0 amide bonds. The number of carbonyl (C=O) groups excluding carboxylic acids is 2. The van der Waals surface area contributed by atoms with Gasteiger partial charge in [-0.15, -0.1) is 0 Å². The van der Waals surface area contributed by atoms with Crippen LogP contribution in [-0.4, -0.2) is 33.7 Å². The Hall–Kier alpha value is -4.06. The van der Waals surface area contributed by atoms with E-state index in [-0.39, 0.29) is 22.3 Å². The van der Waals surface area contributed by atoms with Gasteiger partial charge in [-0.25, -0.2) is 9.59 Å². The molecule has 0 aliphatic carbocycles. The van der Waals surface area contributed by atoms with E-state index in [1.54, 1.807) is 36.4 Å². The average Bonchev–Trinajstić information content (AvgIpc) is 2.82. The van der Waals surface area contributed by atoms with Crippen molar-refractivity contribution in [2.75, 3.05) is 0 Å². The third-order valence-electron chi connectivity index (χ3n) is 5.78. The summed E-state index contributed by atoms with van der Waals surface area (Å²) in [6.07, 6.45) is 0.928. The van der Waals surface area contributed by atoms with Gasteiger partial charge in [-0.05, 0) is 37.0 Å². The SMILES string of the molecule is CCC(C)c1ccc(C(=O)c2cc(C(=O)c3ccc(C)cc3)c(C(=O)O)cc2C(=O)O)cc1. The number of rotatable bonds is 8. The van der Waals surface area contributed by atoms with Gasteiger partial charge in [-0.3, -0.25) is 9.59 Å². The van der Waals surface area contributed by atoms with Crippen LogP contribution in [0.4, 0.5) is 0 Å². The van der Waals surface area contributed by atoms with Gasteiger partial charge in [0.15, 0.2) is 11.6 Å². The zero-order valence-electron chi connectivity index (χ0n) is 18.6. The maximum atomic E-state index is 13.2. The van der Waals surface area contributed by atoms with E-state index in [1.165, 1.54) is 0 Å². The zero-order chi connectivity index (χ0) is 24.3. The Morgan fingerprint density at radius 2 is 1.09 bits per heavy atom. The van der Waals surface area contributed by atoms with Crippen LogP contribution in [0.5, 0.6) is 0 Å². The first kappa shape index (κ1) is 23.6. The van der Waals surface area contributed by atoms with Crippen molar-refractivity contribution in [2.24, 2.45) is 0 Å². The molecule has 3 rings (SSSR count). The Morgan fingerprint density at radius 3 is 1.48 bits per heavy atom. The Kier molecular flexibility index (Phi) is 6.87. The first-order chi connectivity index (χ1) is 15.6. The van der Waals surface area contributed by atoms with Crippen LogP contribution in [0.15, 0.2) is 60.7 Å². The molecule has 0 aromatic heterocycles. The highest BCUT2D eigenvalue weighted by Crippen LogP contribution is 2.25. The van der Waals surface area contributed by atoms with E-state index in [1.807, 2.05) is 19.1 Å². The quantitative estimate of drug-likeness (QED) is 0.452. The van der Waals surface area contributed by atoms with Crippen molar-refractivity contribution in [1.82, 2.24) is 0 Å². The third kappa shape index (κ3) is 4.90. The molecule has 3 aromatic carbocycles. The highest BCUT2D eigenvalue weighted by atomic mass is 16.4. The average molecular weight is 444 g/mol. The van der Waals surface area contributed by atoms with Crippen molar-refractivity contribution >= 4 is 23.5 Å². The number of benzene rings is 3. The molecule has 0 radical (unpaired) electrons. The van der Waals surface area contributed by atoms with E-state index < -0.39 is 34.6 Å². The van der Waals surface area contributed by atoms with Gasteiger partial charge in [0.05, 0.1) is 11.1 Å². The number of ketones is 2. The maximum Gasteiger partial charge on any atom is 0.336 e. The van der Waals surface area contributed by atoms with Crippen LogP contribution in [0.1, 0.15) is 89.9 Å². The number of aromatic carboxylic acids is 2. The second-order valence-corrected chi connectivity index (χ2v) is 8.01. The number of aryl methyl sites for hydroxylation is 1. The van der Waals surface area contributed by atoms with Gasteiger partial charge in [-0.2, -0.15) is 0 Å². The molecule has 1 unspecified atom stereocenters. The predicted molar refractivity (Wildman–Crippen MR) is 124 cm³/mol. The predicted octanol–water partition coefficient (Wildman–Crippen LogP) is 5.37. The van der Waals surface area contributed by atoms with Crippen LogP contribution in [0.2, 0.25) is 0 Å². The number of hydrogen-bond donors (Lipinski definition) is 2. The number of carboxylic acids is 2. The van der Waals surface area contributed by atoms with Crippen molar-refractivity contribution in [3.8, 4) is 0 Å². The van der Waals surface area contributed by atoms with Crippen molar-refractivity contribution in [3.05, 3.63) is 105 Å². The Morgan fingerprint density at radius 1 is 0.697 bits per heavy atom. The highest BCUT2D eigenvalue weighted by Gasteiger charge is 2.26. The Bertz CT molecular complexity index is 1240. The minimum Gasteiger partial charge on any atom is -0.478 e. The molecule has 33 heavy (non-hydrogen) atoms. The standard InChI is InChI=1S/C27H24O6/c1-4-16(3)17-9-11-19(12-10-17)25(29)21-13-20(22(26(30)31)14-23(21)27(32)33)24(28)18-7-5-15(2)6-8-18/h5-14,16H,4H2,1-3H3,(H,30,31)(H,32,33). The lowest BCUT2D eigenvalue weighted by atomic mass is 9.89. The van der Waals surface area contributed by atoms with Gasteiger partial charge in [0.2, 0.25) is 0 Å². The topological polar surface area (TPSA) is 109 Å². The van der Waals surface area contributed by atoms with Gasteiger partial charge in [0, 0.05) is 22.3 Å². The van der Waals surface area contributed by atoms with E-state index in [0.29, 0.717) is 5.92 Å². The molecule has 2 N–H and O–H groups in total. The lowest BCUT2D eigenvalue weighted by Gasteiger charge is -2.13. The van der Waals surface area contributed by atoms with E-state index in [4.69, 9.17) is 0 Å². The second kappa shape index (κ2) is 9.61. The maximum absolute atomic E-state index is 13.2. The minimum absolute atomic E-state index is 0.237. The Labute approximate surface area is 191 Å². The lowest BCUT2D eigenvalue weighted by molar-refractivity contribution is 0.0690. The van der Waals surface area contributed by atoms with Crippen molar-refractivity contribution in [2.45, 2.75) is 33.1 Å². The summed E-state index contributed by atoms with van der Waals surface area (Å²) in [5.41, 5.74) is 1.04. The molecular weight excluding hydrogens is 420 g/mol. The fourth-order valence-electron chi connectivity index (χ4n) is 3.54. The molecule has 0 bridgehead atoms. The highest BCUT2D eigenvalue weighted by molar-refractivity contribution is 6.19. The molecule has 0 fully saturated rings. The van der Waals surface area contributed by atoms with Crippen LogP contribution in [0.3, 0.4) is 0 Å². The summed E-state index contributed by atoms with van der Waals surface area (Å²) in [5, 5.41) is 19.3. The summed E-state index contributed by atoms with van der Waals surface area (Å²) in [4.78, 5) is 50.1. The van der Waals surface area contributed by atoms with E-state index >= 15 is 0 Å². The first-order valence-corrected chi connectivity index (χ1v) is 10.5. The van der Waals surface area contributed by atoms with Crippen LogP contribution >= 0.6 is 0 Å². The fourth-order valence-corrected chi connectivity index (χ4v) is 3.54. The molecule has 0 saturated heterocycles. The van der Waals surface area contributed by atoms with Crippen molar-refractivity contribution < 1.29 is 29.4 Å².